The van der Waals surface area contributed by atoms with E-state index in [2.05, 4.69) is 160 Å². The van der Waals surface area contributed by atoms with Crippen molar-refractivity contribution >= 4 is 19.7 Å². The lowest BCUT2D eigenvalue weighted by atomic mass is 10.0. The van der Waals surface area contributed by atoms with Crippen molar-refractivity contribution in [3.8, 4) is 0 Å². The number of esters is 1. The van der Waals surface area contributed by atoms with Crippen molar-refractivity contribution in [2.75, 3.05) is 40.9 Å². The Morgan fingerprint density at radius 3 is 1.15 bits per heavy atom. The van der Waals surface area contributed by atoms with E-state index in [1.807, 2.05) is 33.3 Å². The number of ether oxygens (including phenoxy) is 1. The second kappa shape index (κ2) is 62.0. The number of phosphoric acid groups is 1. The summed E-state index contributed by atoms with van der Waals surface area (Å²) in [6.45, 7) is 6.57. The number of likely N-dealkylation sites (N-methyl/N-ethyl adjacent to an activating group) is 1. The molecular weight excluding hydrogens is 1060 g/mol. The average Bonchev–Trinajstić information content (AvgIpc) is 3.65. The third-order valence-electron chi connectivity index (χ3n) is 14.0. The summed E-state index contributed by atoms with van der Waals surface area (Å²) < 4.78 is 30.3. The van der Waals surface area contributed by atoms with E-state index in [0.29, 0.717) is 23.9 Å². The van der Waals surface area contributed by atoms with Crippen LogP contribution in [-0.2, 0) is 27.9 Å². The van der Waals surface area contributed by atoms with Crippen LogP contribution in [0.4, 0.5) is 0 Å². The molecule has 3 unspecified atom stereocenters. The van der Waals surface area contributed by atoms with Gasteiger partial charge in [0.05, 0.1) is 33.8 Å². The van der Waals surface area contributed by atoms with Crippen molar-refractivity contribution in [2.24, 2.45) is 0 Å². The van der Waals surface area contributed by atoms with Gasteiger partial charge in [-0.25, -0.2) is 0 Å². The topological polar surface area (TPSA) is 114 Å². The van der Waals surface area contributed by atoms with Crippen LogP contribution in [0.25, 0.3) is 0 Å². The third kappa shape index (κ3) is 62.4. The van der Waals surface area contributed by atoms with Crippen molar-refractivity contribution in [3.05, 3.63) is 146 Å². The maximum Gasteiger partial charge on any atom is 0.306 e. The van der Waals surface area contributed by atoms with E-state index in [4.69, 9.17) is 13.8 Å². The molecule has 3 atom stereocenters. The number of nitrogens with zero attached hydrogens (tertiary/aromatic N) is 1. The summed E-state index contributed by atoms with van der Waals surface area (Å²) in [5.74, 6) is -0.608. The lowest BCUT2D eigenvalue weighted by molar-refractivity contribution is -0.870. The molecule has 0 fully saturated rings. The fraction of sp³-hybridized carbons (Fsp3) is 0.649. The van der Waals surface area contributed by atoms with Crippen molar-refractivity contribution < 1.29 is 37.3 Å². The molecule has 0 rings (SSSR count). The minimum absolute atomic E-state index is 0.0388. The number of carbonyl (C=O) groups is 2. The Kier molecular flexibility index (Phi) is 58.9. The Bertz CT molecular complexity index is 1950. The summed E-state index contributed by atoms with van der Waals surface area (Å²) in [5.41, 5.74) is 0. The van der Waals surface area contributed by atoms with Gasteiger partial charge in [0.25, 0.3) is 7.82 Å². The largest absolute Gasteiger partial charge is 0.756 e. The molecule has 0 aliphatic carbocycles. The summed E-state index contributed by atoms with van der Waals surface area (Å²) in [6.07, 6.45) is 89.6. The first-order chi connectivity index (χ1) is 40.9. The van der Waals surface area contributed by atoms with Gasteiger partial charge in [-0.2, -0.15) is 0 Å². The number of rotatable bonds is 59. The van der Waals surface area contributed by atoms with Gasteiger partial charge in [0.15, 0.2) is 0 Å². The predicted molar refractivity (Wildman–Crippen MR) is 362 cm³/mol. The standard InChI is InChI=1S/C74H125N2O7P/c1-7-10-13-16-19-22-25-28-30-32-34-36-37-38-39-41-42-44-46-48-51-54-57-60-63-66-73(77)75-71(70-82-84(79,80)81-69-68-76(4,5)6)72(65-62-59-56-53-50-27-24-21-18-15-12-9-3)83-74(78)67-64-61-58-55-52-49-47-45-43-40-35-33-31-29-26-23-20-17-14-11-8-2/h10-11,13-14,19-20,22-23,28-31,34-36,38-40,45,47,52,55,62,65,71-72H,7-9,12,15-18,21,24-27,32-33,37,41-44,46,48-51,53-54,56-61,63-64,66-70H2,1-6H3,(H-,75,77,79,80)/b13-10-,14-11-,22-19-,23-20-,30-28-,31-29-,36-34-,39-38-,40-35-,47-45-,55-52-,65-62-. The van der Waals surface area contributed by atoms with Gasteiger partial charge in [0.2, 0.25) is 5.91 Å². The van der Waals surface area contributed by atoms with E-state index in [1.54, 1.807) is 0 Å². The molecule has 84 heavy (non-hydrogen) atoms. The van der Waals surface area contributed by atoms with Crippen LogP contribution in [0.3, 0.4) is 0 Å². The summed E-state index contributed by atoms with van der Waals surface area (Å²) in [7, 11) is 1.14. The van der Waals surface area contributed by atoms with Crippen molar-refractivity contribution in [1.29, 1.82) is 0 Å². The van der Waals surface area contributed by atoms with E-state index < -0.39 is 26.6 Å². The first-order valence-electron chi connectivity index (χ1n) is 33.6. The van der Waals surface area contributed by atoms with E-state index in [0.717, 1.165) is 135 Å². The number of nitrogens with one attached hydrogen (secondary N) is 1. The zero-order valence-electron chi connectivity index (χ0n) is 54.5. The SMILES string of the molecule is CC/C=C\C/C=C\C/C=C\C/C=C\C/C=C\C/C=C\CCCCC(=O)OC(/C=C\CCCCCCCCCCCC)C(COP(=O)([O-])OCC[N+](C)(C)C)NC(=O)CCCCCCCCCCC/C=C\C/C=C\C/C=C\C/C=C\C/C=C\CC. The van der Waals surface area contributed by atoms with Gasteiger partial charge in [-0.3, -0.25) is 14.2 Å². The second-order valence-electron chi connectivity index (χ2n) is 23.2. The van der Waals surface area contributed by atoms with Crippen LogP contribution in [0.2, 0.25) is 0 Å². The minimum atomic E-state index is -4.73. The number of carbonyl (C=O) groups excluding carboxylic acids is 2. The number of allylic oxidation sites excluding steroid dienone is 23. The number of hydrogen-bond donors (Lipinski definition) is 1. The maximum atomic E-state index is 13.6. The smallest absolute Gasteiger partial charge is 0.306 e. The average molecular weight is 1190 g/mol. The Morgan fingerprint density at radius 2 is 0.762 bits per heavy atom. The van der Waals surface area contributed by atoms with Gasteiger partial charge >= 0.3 is 5.97 Å². The zero-order chi connectivity index (χ0) is 61.4. The van der Waals surface area contributed by atoms with Crippen LogP contribution in [0.1, 0.15) is 258 Å². The van der Waals surface area contributed by atoms with Gasteiger partial charge in [0, 0.05) is 12.8 Å². The molecule has 10 heteroatoms. The number of hydrogen-bond acceptors (Lipinski definition) is 7. The highest BCUT2D eigenvalue weighted by atomic mass is 31.2. The number of amides is 1. The quantitative estimate of drug-likeness (QED) is 0.0212. The van der Waals surface area contributed by atoms with Crippen LogP contribution in [0, 0.1) is 0 Å². The zero-order valence-corrected chi connectivity index (χ0v) is 55.4. The molecule has 0 saturated heterocycles. The third-order valence-corrected chi connectivity index (χ3v) is 15.0. The summed E-state index contributed by atoms with van der Waals surface area (Å²) in [4.78, 5) is 40.1. The fourth-order valence-electron chi connectivity index (χ4n) is 8.90. The van der Waals surface area contributed by atoms with Gasteiger partial charge in [-0.1, -0.05) is 263 Å². The lowest BCUT2D eigenvalue weighted by Crippen LogP contribution is -2.47. The maximum absolute atomic E-state index is 13.6. The summed E-state index contributed by atoms with van der Waals surface area (Å²) in [5, 5.41) is 3.02. The lowest BCUT2D eigenvalue weighted by Gasteiger charge is -2.30. The van der Waals surface area contributed by atoms with E-state index in [-0.39, 0.29) is 24.9 Å². The molecule has 0 aromatic heterocycles. The number of quaternary nitrogens is 1. The Balaban J connectivity index is 5.24. The molecule has 9 nitrogen and oxygen atoms in total. The molecule has 0 aromatic carbocycles. The minimum Gasteiger partial charge on any atom is -0.756 e. The molecule has 0 aliphatic heterocycles. The van der Waals surface area contributed by atoms with Crippen LogP contribution in [0.5, 0.6) is 0 Å². The molecule has 0 heterocycles. The van der Waals surface area contributed by atoms with E-state index >= 15 is 0 Å². The predicted octanol–water partition coefficient (Wildman–Crippen LogP) is 20.8. The molecule has 0 radical (unpaired) electrons. The van der Waals surface area contributed by atoms with Crippen LogP contribution in [-0.4, -0.2) is 69.4 Å². The second-order valence-corrected chi connectivity index (χ2v) is 24.6. The van der Waals surface area contributed by atoms with E-state index in [1.165, 1.54) is 83.5 Å². The molecule has 0 saturated carbocycles. The van der Waals surface area contributed by atoms with Gasteiger partial charge in [-0.15, -0.1) is 0 Å². The highest BCUT2D eigenvalue weighted by Gasteiger charge is 2.27. The van der Waals surface area contributed by atoms with Crippen molar-refractivity contribution in [1.82, 2.24) is 5.32 Å². The summed E-state index contributed by atoms with van der Waals surface area (Å²) >= 11 is 0. The number of unbranched alkanes of at least 4 members (excludes halogenated alkanes) is 21. The van der Waals surface area contributed by atoms with Gasteiger partial charge in [0.1, 0.15) is 19.3 Å². The van der Waals surface area contributed by atoms with Crippen LogP contribution < -0.4 is 10.2 Å². The molecular formula is C74H125N2O7P. The monoisotopic (exact) mass is 1180 g/mol. The van der Waals surface area contributed by atoms with Crippen LogP contribution >= 0.6 is 7.82 Å². The molecule has 0 spiro atoms. The van der Waals surface area contributed by atoms with Gasteiger partial charge in [-0.05, 0) is 128 Å². The molecule has 1 amide bonds. The number of phosphoric ester groups is 1. The molecule has 478 valence electrons. The Morgan fingerprint density at radius 1 is 0.429 bits per heavy atom. The Hall–Kier alpha value is -4.11. The normalized spacial score (nSPS) is 14.5. The van der Waals surface area contributed by atoms with E-state index in [9.17, 15) is 19.0 Å². The Labute approximate surface area is 517 Å². The van der Waals surface area contributed by atoms with Gasteiger partial charge < -0.3 is 28.5 Å². The highest BCUT2D eigenvalue weighted by molar-refractivity contribution is 7.45. The fourth-order valence-corrected chi connectivity index (χ4v) is 9.63. The molecule has 0 aromatic rings. The van der Waals surface area contributed by atoms with Crippen molar-refractivity contribution in [2.45, 2.75) is 270 Å². The van der Waals surface area contributed by atoms with Crippen molar-refractivity contribution in [3.63, 3.8) is 0 Å². The molecule has 0 bridgehead atoms. The summed E-state index contributed by atoms with van der Waals surface area (Å²) in [6, 6.07) is -0.922. The first-order valence-corrected chi connectivity index (χ1v) is 35.1. The molecule has 1 N–H and O–H groups in total. The molecule has 0 aliphatic rings. The first kappa shape index (κ1) is 79.9. The highest BCUT2D eigenvalue weighted by Crippen LogP contribution is 2.38. The van der Waals surface area contributed by atoms with Crippen LogP contribution in [0.15, 0.2) is 146 Å².